The molecule has 0 fully saturated rings. The van der Waals surface area contributed by atoms with Gasteiger partial charge in [-0.15, -0.1) is 0 Å². The summed E-state index contributed by atoms with van der Waals surface area (Å²) in [5.41, 5.74) is 0.810. The lowest BCUT2D eigenvalue weighted by molar-refractivity contribution is 1.63. The van der Waals surface area contributed by atoms with Gasteiger partial charge in [-0.25, -0.2) is 0 Å². The molecule has 0 saturated heterocycles. The number of halogens is 3. The Kier molecular flexibility index (Phi) is 3.45. The van der Waals surface area contributed by atoms with E-state index in [2.05, 4.69) is 0 Å². The van der Waals surface area contributed by atoms with E-state index in [-0.39, 0.29) is 0 Å². The van der Waals surface area contributed by atoms with Crippen molar-refractivity contribution in [3.63, 3.8) is 0 Å². The Bertz CT molecular complexity index is 316. The number of hydrogen-bond donors (Lipinski definition) is 0. The summed E-state index contributed by atoms with van der Waals surface area (Å²) in [5, 5.41) is 1.83. The molecular weight excluding hydrogens is 214 g/mol. The molecule has 0 unspecified atom stereocenters. The molecule has 0 spiro atoms. The van der Waals surface area contributed by atoms with E-state index in [9.17, 15) is 0 Å². The van der Waals surface area contributed by atoms with Crippen molar-refractivity contribution in [1.29, 1.82) is 0 Å². The number of hydrogen-bond acceptors (Lipinski definition) is 0. The Hall–Kier alpha value is -0.170. The lowest BCUT2D eigenvalue weighted by Crippen LogP contribution is -1.78. The Morgan fingerprint density at radius 1 is 1.33 bits per heavy atom. The fraction of sp³-hybridized carbons (Fsp3) is 0.111. The average Bonchev–Trinajstić information content (AvgIpc) is 2.03. The highest BCUT2D eigenvalue weighted by atomic mass is 35.5. The molecule has 3 heteroatoms. The third-order valence-electron chi connectivity index (χ3n) is 1.44. The molecule has 0 nitrogen and oxygen atoms in total. The van der Waals surface area contributed by atoms with Crippen molar-refractivity contribution in [3.8, 4) is 0 Å². The third-order valence-corrected chi connectivity index (χ3v) is 2.41. The molecule has 0 aliphatic rings. The van der Waals surface area contributed by atoms with Crippen LogP contribution in [0.3, 0.4) is 0 Å². The first-order valence-electron chi connectivity index (χ1n) is 3.42. The summed E-state index contributed by atoms with van der Waals surface area (Å²) < 4.78 is 0. The predicted octanol–water partition coefficient (Wildman–Crippen LogP) is 4.59. The van der Waals surface area contributed by atoms with Crippen LogP contribution in [-0.4, -0.2) is 0 Å². The van der Waals surface area contributed by atoms with Crippen molar-refractivity contribution < 1.29 is 0 Å². The normalized spacial score (nSPS) is 11.8. The second-order valence-corrected chi connectivity index (χ2v) is 3.51. The van der Waals surface area contributed by atoms with Crippen molar-refractivity contribution in [2.45, 2.75) is 6.92 Å². The van der Waals surface area contributed by atoms with E-state index < -0.39 is 0 Å². The van der Waals surface area contributed by atoms with Gasteiger partial charge in [-0.05, 0) is 19.1 Å². The van der Waals surface area contributed by atoms with Crippen molar-refractivity contribution >= 4 is 39.8 Å². The summed E-state index contributed by atoms with van der Waals surface area (Å²) in [5.74, 6) is 0. The highest BCUT2D eigenvalue weighted by molar-refractivity contribution is 6.50. The van der Waals surface area contributed by atoms with Crippen LogP contribution in [0.25, 0.3) is 5.03 Å². The first-order chi connectivity index (χ1) is 5.65. The second kappa shape index (κ2) is 4.18. The minimum Gasteiger partial charge on any atom is -0.0843 e. The third kappa shape index (κ3) is 2.16. The van der Waals surface area contributed by atoms with Crippen LogP contribution in [0.4, 0.5) is 0 Å². The maximum atomic E-state index is 5.89. The zero-order valence-electron chi connectivity index (χ0n) is 6.44. The molecule has 0 aliphatic carbocycles. The number of allylic oxidation sites excluding steroid dienone is 1. The van der Waals surface area contributed by atoms with E-state index in [1.807, 2.05) is 6.92 Å². The molecule has 0 aliphatic heterocycles. The predicted molar refractivity (Wildman–Crippen MR) is 56.0 cm³/mol. The average molecular weight is 222 g/mol. The van der Waals surface area contributed by atoms with Crippen LogP contribution in [0, 0.1) is 0 Å². The summed E-state index contributed by atoms with van der Waals surface area (Å²) in [6, 6.07) is 5.23. The van der Waals surface area contributed by atoms with Crippen LogP contribution < -0.4 is 0 Å². The summed E-state index contributed by atoms with van der Waals surface area (Å²) in [7, 11) is 0. The van der Waals surface area contributed by atoms with Gasteiger partial charge in [0.1, 0.15) is 0 Å². The largest absolute Gasteiger partial charge is 0.0843 e. The SMILES string of the molecule is CC=C(Cl)c1ccc(Cl)cc1Cl. The molecule has 0 atom stereocenters. The maximum Gasteiger partial charge on any atom is 0.0508 e. The van der Waals surface area contributed by atoms with Crippen molar-refractivity contribution in [3.05, 3.63) is 39.9 Å². The van der Waals surface area contributed by atoms with E-state index in [4.69, 9.17) is 34.8 Å². The fourth-order valence-corrected chi connectivity index (χ4v) is 1.56. The van der Waals surface area contributed by atoms with Gasteiger partial charge in [0, 0.05) is 15.6 Å². The van der Waals surface area contributed by atoms with E-state index >= 15 is 0 Å². The molecule has 64 valence electrons. The molecule has 0 N–H and O–H groups in total. The van der Waals surface area contributed by atoms with Crippen LogP contribution in [0.1, 0.15) is 12.5 Å². The summed E-state index contributed by atoms with van der Waals surface area (Å²) in [6.45, 7) is 1.85. The lowest BCUT2D eigenvalue weighted by atomic mass is 10.2. The van der Waals surface area contributed by atoms with Crippen molar-refractivity contribution in [2.75, 3.05) is 0 Å². The molecule has 1 aromatic carbocycles. The fourth-order valence-electron chi connectivity index (χ4n) is 0.839. The Balaban J connectivity index is 3.18. The van der Waals surface area contributed by atoms with E-state index in [1.54, 1.807) is 24.3 Å². The van der Waals surface area contributed by atoms with Gasteiger partial charge in [0.25, 0.3) is 0 Å². The van der Waals surface area contributed by atoms with Gasteiger partial charge >= 0.3 is 0 Å². The van der Waals surface area contributed by atoms with Gasteiger partial charge in [-0.2, -0.15) is 0 Å². The molecule has 1 rings (SSSR count). The molecule has 0 saturated carbocycles. The van der Waals surface area contributed by atoms with Gasteiger partial charge in [0.05, 0.1) is 5.02 Å². The molecule has 0 bridgehead atoms. The van der Waals surface area contributed by atoms with Gasteiger partial charge in [0.2, 0.25) is 0 Å². The molecule has 0 aromatic heterocycles. The molecule has 0 radical (unpaired) electrons. The molecule has 0 heterocycles. The lowest BCUT2D eigenvalue weighted by Gasteiger charge is -2.01. The van der Waals surface area contributed by atoms with E-state index in [0.717, 1.165) is 5.56 Å². The van der Waals surface area contributed by atoms with Crippen LogP contribution in [0.2, 0.25) is 10.0 Å². The van der Waals surface area contributed by atoms with Crippen LogP contribution in [0.15, 0.2) is 24.3 Å². The summed E-state index contributed by atoms with van der Waals surface area (Å²) >= 11 is 17.5. The van der Waals surface area contributed by atoms with Gasteiger partial charge in [-0.1, -0.05) is 46.9 Å². The van der Waals surface area contributed by atoms with E-state index in [1.165, 1.54) is 0 Å². The Labute approximate surface area is 86.7 Å². The summed E-state index contributed by atoms with van der Waals surface area (Å²) in [4.78, 5) is 0. The van der Waals surface area contributed by atoms with E-state index in [0.29, 0.717) is 15.1 Å². The number of benzene rings is 1. The van der Waals surface area contributed by atoms with Crippen molar-refractivity contribution in [1.82, 2.24) is 0 Å². The molecule has 12 heavy (non-hydrogen) atoms. The number of rotatable bonds is 1. The van der Waals surface area contributed by atoms with Crippen LogP contribution in [-0.2, 0) is 0 Å². The van der Waals surface area contributed by atoms with Gasteiger partial charge in [-0.3, -0.25) is 0 Å². The Morgan fingerprint density at radius 3 is 2.50 bits per heavy atom. The minimum atomic E-state index is 0.575. The van der Waals surface area contributed by atoms with Crippen LogP contribution >= 0.6 is 34.8 Å². The molecular formula is C9H7Cl3. The first kappa shape index (κ1) is 9.91. The zero-order valence-corrected chi connectivity index (χ0v) is 8.71. The zero-order chi connectivity index (χ0) is 9.14. The van der Waals surface area contributed by atoms with Gasteiger partial charge < -0.3 is 0 Å². The minimum absolute atomic E-state index is 0.575. The standard InChI is InChI=1S/C9H7Cl3/c1-2-8(11)7-4-3-6(10)5-9(7)12/h2-5H,1H3. The highest BCUT2D eigenvalue weighted by Gasteiger charge is 2.02. The second-order valence-electron chi connectivity index (χ2n) is 2.26. The van der Waals surface area contributed by atoms with Gasteiger partial charge in [0.15, 0.2) is 0 Å². The maximum absolute atomic E-state index is 5.89. The highest BCUT2D eigenvalue weighted by Crippen LogP contribution is 2.28. The first-order valence-corrected chi connectivity index (χ1v) is 4.55. The quantitative estimate of drug-likeness (QED) is 0.650. The molecule has 1 aromatic rings. The molecule has 0 amide bonds. The monoisotopic (exact) mass is 220 g/mol. The summed E-state index contributed by atoms with van der Waals surface area (Å²) in [6.07, 6.45) is 1.79. The topological polar surface area (TPSA) is 0 Å². The smallest absolute Gasteiger partial charge is 0.0508 e. The Morgan fingerprint density at radius 2 is 2.00 bits per heavy atom. The van der Waals surface area contributed by atoms with Crippen LogP contribution in [0.5, 0.6) is 0 Å². The van der Waals surface area contributed by atoms with Crippen molar-refractivity contribution in [2.24, 2.45) is 0 Å².